The smallest absolute Gasteiger partial charge is 0.250 e. The molecule has 3 heteroatoms. The Hall–Kier alpha value is -1.38. The first-order valence-corrected chi connectivity index (χ1v) is 3.90. The van der Waals surface area contributed by atoms with Crippen molar-refractivity contribution in [3.63, 3.8) is 0 Å². The Morgan fingerprint density at radius 1 is 1.58 bits per heavy atom. The van der Waals surface area contributed by atoms with Crippen LogP contribution >= 0.6 is 0 Å². The first-order valence-electron chi connectivity index (χ1n) is 3.90. The summed E-state index contributed by atoms with van der Waals surface area (Å²) in [6, 6.07) is 0. The van der Waals surface area contributed by atoms with Crippen molar-refractivity contribution >= 4 is 5.91 Å². The topological polar surface area (TPSA) is 56.0 Å². The van der Waals surface area contributed by atoms with Crippen LogP contribution in [0.4, 0.5) is 0 Å². The highest BCUT2D eigenvalue weighted by Crippen LogP contribution is 2.12. The van der Waals surface area contributed by atoms with Gasteiger partial charge in [-0.15, -0.1) is 0 Å². The molecule has 0 atom stereocenters. The molecule has 2 N–H and O–H groups in total. The maximum atomic E-state index is 10.9. The van der Waals surface area contributed by atoms with E-state index in [1.54, 1.807) is 6.20 Å². The van der Waals surface area contributed by atoms with Crippen LogP contribution < -0.4 is 5.73 Å². The van der Waals surface area contributed by atoms with Crippen LogP contribution in [0.5, 0.6) is 0 Å². The molecule has 0 saturated carbocycles. The van der Waals surface area contributed by atoms with E-state index in [4.69, 9.17) is 5.73 Å². The Morgan fingerprint density at radius 3 is 2.67 bits per heavy atom. The maximum Gasteiger partial charge on any atom is 0.250 e. The second kappa shape index (κ2) is 3.34. The summed E-state index contributed by atoms with van der Waals surface area (Å²) in [6.45, 7) is 3.92. The number of hydrogen-bond acceptors (Lipinski definition) is 2. The van der Waals surface area contributed by atoms with Crippen LogP contribution in [0.3, 0.4) is 0 Å². The summed E-state index contributed by atoms with van der Waals surface area (Å²) in [5.41, 5.74) is 7.74. The second-order valence-corrected chi connectivity index (χ2v) is 2.70. The monoisotopic (exact) mass is 164 g/mol. The minimum Gasteiger partial charge on any atom is -0.366 e. The number of carbonyl (C=O) groups excluding carboxylic acids is 1. The lowest BCUT2D eigenvalue weighted by molar-refractivity contribution is 0.0999. The molecular weight excluding hydrogens is 152 g/mol. The lowest BCUT2D eigenvalue weighted by atomic mass is 10.0. The summed E-state index contributed by atoms with van der Waals surface area (Å²) in [4.78, 5) is 14.8. The average Bonchev–Trinajstić information content (AvgIpc) is 2.03. The van der Waals surface area contributed by atoms with Gasteiger partial charge in [-0.05, 0) is 24.5 Å². The van der Waals surface area contributed by atoms with Crippen LogP contribution in [0.25, 0.3) is 0 Å². The first kappa shape index (κ1) is 8.71. The molecule has 1 aromatic heterocycles. The number of primary amides is 1. The Bertz CT molecular complexity index is 307. The standard InChI is InChI=1S/C9H12N2O/c1-3-7-6(2)4-11-5-8(7)9(10)12/h4-5H,3H2,1-2H3,(H2,10,12). The minimum absolute atomic E-state index is 0.400. The van der Waals surface area contributed by atoms with Gasteiger partial charge in [0.2, 0.25) is 0 Å². The van der Waals surface area contributed by atoms with E-state index >= 15 is 0 Å². The van der Waals surface area contributed by atoms with Crippen molar-refractivity contribution in [3.8, 4) is 0 Å². The highest BCUT2D eigenvalue weighted by atomic mass is 16.1. The minimum atomic E-state index is -0.400. The predicted octanol–water partition coefficient (Wildman–Crippen LogP) is 1.05. The number of nitrogens with zero attached hydrogens (tertiary/aromatic N) is 1. The molecule has 0 fully saturated rings. The van der Waals surface area contributed by atoms with Gasteiger partial charge in [0.15, 0.2) is 0 Å². The van der Waals surface area contributed by atoms with E-state index in [1.165, 1.54) is 6.20 Å². The quantitative estimate of drug-likeness (QED) is 0.710. The van der Waals surface area contributed by atoms with Crippen LogP contribution in [0, 0.1) is 6.92 Å². The molecule has 0 bridgehead atoms. The van der Waals surface area contributed by atoms with Gasteiger partial charge in [-0.1, -0.05) is 6.92 Å². The molecule has 0 saturated heterocycles. The normalized spacial score (nSPS) is 9.83. The molecule has 0 unspecified atom stereocenters. The Labute approximate surface area is 71.6 Å². The SMILES string of the molecule is CCc1c(C)cncc1C(N)=O. The van der Waals surface area contributed by atoms with Gasteiger partial charge in [0.25, 0.3) is 5.91 Å². The number of amides is 1. The molecule has 0 aliphatic carbocycles. The third-order valence-corrected chi connectivity index (χ3v) is 1.89. The molecular formula is C9H12N2O. The van der Waals surface area contributed by atoms with Gasteiger partial charge in [0.1, 0.15) is 0 Å². The summed E-state index contributed by atoms with van der Waals surface area (Å²) in [5.74, 6) is -0.400. The fourth-order valence-corrected chi connectivity index (χ4v) is 1.27. The van der Waals surface area contributed by atoms with Crippen molar-refractivity contribution in [2.45, 2.75) is 20.3 Å². The molecule has 1 rings (SSSR count). The number of nitrogens with two attached hydrogens (primary N) is 1. The number of pyridine rings is 1. The summed E-state index contributed by atoms with van der Waals surface area (Å²) in [6.07, 6.45) is 4.08. The molecule has 1 amide bonds. The largest absolute Gasteiger partial charge is 0.366 e. The van der Waals surface area contributed by atoms with E-state index in [9.17, 15) is 4.79 Å². The summed E-state index contributed by atoms with van der Waals surface area (Å²) < 4.78 is 0. The number of rotatable bonds is 2. The molecule has 1 heterocycles. The number of aryl methyl sites for hydroxylation is 1. The third-order valence-electron chi connectivity index (χ3n) is 1.89. The lowest BCUT2D eigenvalue weighted by Gasteiger charge is -2.05. The summed E-state index contributed by atoms with van der Waals surface area (Å²) in [5, 5.41) is 0. The number of carbonyl (C=O) groups is 1. The molecule has 0 aromatic carbocycles. The number of hydrogen-bond donors (Lipinski definition) is 1. The second-order valence-electron chi connectivity index (χ2n) is 2.70. The van der Waals surface area contributed by atoms with Gasteiger partial charge in [-0.3, -0.25) is 9.78 Å². The molecule has 0 spiro atoms. The van der Waals surface area contributed by atoms with Crippen LogP contribution in [0.2, 0.25) is 0 Å². The van der Waals surface area contributed by atoms with Crippen molar-refractivity contribution in [2.75, 3.05) is 0 Å². The zero-order valence-corrected chi connectivity index (χ0v) is 7.29. The fourth-order valence-electron chi connectivity index (χ4n) is 1.27. The summed E-state index contributed by atoms with van der Waals surface area (Å²) >= 11 is 0. The van der Waals surface area contributed by atoms with Gasteiger partial charge in [0, 0.05) is 12.4 Å². The maximum absolute atomic E-state index is 10.9. The fraction of sp³-hybridized carbons (Fsp3) is 0.333. The van der Waals surface area contributed by atoms with Gasteiger partial charge in [-0.2, -0.15) is 0 Å². The van der Waals surface area contributed by atoms with E-state index in [0.29, 0.717) is 5.56 Å². The van der Waals surface area contributed by atoms with Crippen molar-refractivity contribution in [1.82, 2.24) is 4.98 Å². The molecule has 64 valence electrons. The van der Waals surface area contributed by atoms with Crippen LogP contribution in [-0.2, 0) is 6.42 Å². The first-order chi connectivity index (χ1) is 5.66. The molecule has 0 aliphatic heterocycles. The molecule has 0 aliphatic rings. The lowest BCUT2D eigenvalue weighted by Crippen LogP contribution is -2.14. The predicted molar refractivity (Wildman–Crippen MR) is 46.9 cm³/mol. The Kier molecular flexibility index (Phi) is 2.43. The molecule has 3 nitrogen and oxygen atoms in total. The Morgan fingerprint density at radius 2 is 2.25 bits per heavy atom. The average molecular weight is 164 g/mol. The van der Waals surface area contributed by atoms with E-state index in [0.717, 1.165) is 17.5 Å². The van der Waals surface area contributed by atoms with E-state index in [1.807, 2.05) is 13.8 Å². The number of aromatic nitrogens is 1. The third kappa shape index (κ3) is 1.44. The molecule has 1 aromatic rings. The molecule has 12 heavy (non-hydrogen) atoms. The molecule has 0 radical (unpaired) electrons. The van der Waals surface area contributed by atoms with Crippen LogP contribution in [-0.4, -0.2) is 10.9 Å². The van der Waals surface area contributed by atoms with Gasteiger partial charge < -0.3 is 5.73 Å². The summed E-state index contributed by atoms with van der Waals surface area (Å²) in [7, 11) is 0. The highest BCUT2D eigenvalue weighted by Gasteiger charge is 2.08. The van der Waals surface area contributed by atoms with Crippen molar-refractivity contribution in [1.29, 1.82) is 0 Å². The van der Waals surface area contributed by atoms with E-state index in [-0.39, 0.29) is 0 Å². The van der Waals surface area contributed by atoms with Gasteiger partial charge in [0.05, 0.1) is 5.56 Å². The van der Waals surface area contributed by atoms with E-state index < -0.39 is 5.91 Å². The zero-order chi connectivity index (χ0) is 9.14. The van der Waals surface area contributed by atoms with Gasteiger partial charge in [-0.25, -0.2) is 0 Å². The van der Waals surface area contributed by atoms with Crippen LogP contribution in [0.15, 0.2) is 12.4 Å². The van der Waals surface area contributed by atoms with Crippen LogP contribution in [0.1, 0.15) is 28.4 Å². The highest BCUT2D eigenvalue weighted by molar-refractivity contribution is 5.94. The van der Waals surface area contributed by atoms with Crippen molar-refractivity contribution in [3.05, 3.63) is 29.1 Å². The zero-order valence-electron chi connectivity index (χ0n) is 7.29. The van der Waals surface area contributed by atoms with E-state index in [2.05, 4.69) is 4.98 Å². The van der Waals surface area contributed by atoms with Crippen molar-refractivity contribution < 1.29 is 4.79 Å². The van der Waals surface area contributed by atoms with Crippen molar-refractivity contribution in [2.24, 2.45) is 5.73 Å². The van der Waals surface area contributed by atoms with Gasteiger partial charge >= 0.3 is 0 Å². The Balaban J connectivity index is 3.27.